The summed E-state index contributed by atoms with van der Waals surface area (Å²) in [5, 5.41) is 0. The maximum atomic E-state index is 12.1. The minimum absolute atomic E-state index is 0.188. The molecule has 3 aliphatic rings. The molecular formula is C58H84BrN3O6Si2. The van der Waals surface area contributed by atoms with E-state index in [9.17, 15) is 14.4 Å². The summed E-state index contributed by atoms with van der Waals surface area (Å²) >= 11 is 3.46. The summed E-state index contributed by atoms with van der Waals surface area (Å²) < 4.78 is 17.4. The van der Waals surface area contributed by atoms with Crippen molar-refractivity contribution in [2.24, 2.45) is 0 Å². The Morgan fingerprint density at radius 2 is 0.671 bits per heavy atom. The number of hydrogen-bond acceptors (Lipinski definition) is 6. The van der Waals surface area contributed by atoms with Crippen molar-refractivity contribution in [1.29, 1.82) is 0 Å². The Morgan fingerprint density at radius 3 is 0.886 bits per heavy atom. The van der Waals surface area contributed by atoms with Crippen molar-refractivity contribution >= 4 is 50.4 Å². The Balaban J connectivity index is 0.000000230. The average molecular weight is 1060 g/mol. The van der Waals surface area contributed by atoms with Crippen molar-refractivity contribution in [2.45, 2.75) is 175 Å². The molecule has 0 aliphatic carbocycles. The van der Waals surface area contributed by atoms with Crippen molar-refractivity contribution < 1.29 is 28.6 Å². The molecule has 0 bridgehead atoms. The van der Waals surface area contributed by atoms with Gasteiger partial charge in [0.05, 0.1) is 0 Å². The zero-order chi connectivity index (χ0) is 52.1. The number of rotatable bonds is 3. The molecule has 3 amide bonds. The minimum atomic E-state index is -1.33. The minimum Gasteiger partial charge on any atom is -0.444 e. The number of likely N-dealkylation sites (tertiary alicyclic amines) is 3. The predicted molar refractivity (Wildman–Crippen MR) is 297 cm³/mol. The molecule has 12 heteroatoms. The van der Waals surface area contributed by atoms with Crippen LogP contribution in [-0.2, 0) is 14.2 Å². The first-order chi connectivity index (χ1) is 32.4. The van der Waals surface area contributed by atoms with Crippen LogP contribution < -0.4 is 0 Å². The zero-order valence-electron chi connectivity index (χ0n) is 45.3. The van der Waals surface area contributed by atoms with Gasteiger partial charge in [-0.15, -0.1) is 11.1 Å². The second kappa shape index (κ2) is 25.2. The van der Waals surface area contributed by atoms with Gasteiger partial charge in [-0.3, -0.25) is 0 Å². The molecule has 0 aromatic heterocycles. The van der Waals surface area contributed by atoms with Gasteiger partial charge in [-0.2, -0.15) is 0 Å². The van der Waals surface area contributed by atoms with Crippen LogP contribution in [0.1, 0.15) is 146 Å². The predicted octanol–water partition coefficient (Wildman–Crippen LogP) is 14.6. The van der Waals surface area contributed by atoms with Gasteiger partial charge in [0.1, 0.15) is 33.0 Å². The molecule has 3 heterocycles. The molecular weight excluding hydrogens is 971 g/mol. The molecule has 3 aliphatic heterocycles. The first-order valence-corrected chi connectivity index (χ1v) is 33.2. The van der Waals surface area contributed by atoms with Crippen LogP contribution in [0.3, 0.4) is 0 Å². The van der Waals surface area contributed by atoms with Crippen LogP contribution in [0.15, 0.2) is 77.3 Å². The summed E-state index contributed by atoms with van der Waals surface area (Å²) in [6.45, 7) is 35.3. The number of carbonyl (C=O) groups excluding carboxylic acids is 3. The van der Waals surface area contributed by atoms with Gasteiger partial charge in [0.25, 0.3) is 0 Å². The third-order valence-electron chi connectivity index (χ3n) is 11.7. The lowest BCUT2D eigenvalue weighted by molar-refractivity contribution is 0.0194. The Labute approximate surface area is 433 Å². The Kier molecular flexibility index (Phi) is 20.9. The third kappa shape index (κ3) is 21.9. The number of halogens is 1. The fraction of sp³-hybridized carbons (Fsp3) is 0.569. The zero-order valence-corrected chi connectivity index (χ0v) is 48.9. The molecule has 9 nitrogen and oxygen atoms in total. The van der Waals surface area contributed by atoms with E-state index in [1.807, 2.05) is 77.0 Å². The van der Waals surface area contributed by atoms with Crippen molar-refractivity contribution in [2.75, 3.05) is 39.3 Å². The number of hydrogen-bond donors (Lipinski definition) is 0. The SMILES string of the molecule is CC(C)(C)OC(=O)N1CCC(c2ccc(Br)cc2)CC1.CC(C)(C)OC(=O)N1CCC(c2ccc(C#C[Si](C)(C)C)cc2)CC1.CC(C)(C)OC(=O)N1CCC(c2ccc(C#C[Si](C)(C)C)cc2)CC1. The van der Waals surface area contributed by atoms with Crippen molar-refractivity contribution in [3.05, 3.63) is 105 Å². The number of nitrogens with zero attached hydrogens (tertiary/aromatic N) is 3. The molecule has 0 saturated carbocycles. The van der Waals surface area contributed by atoms with Crippen LogP contribution in [0.4, 0.5) is 14.4 Å². The second-order valence-electron chi connectivity index (χ2n) is 24.0. The van der Waals surface area contributed by atoms with E-state index in [1.54, 1.807) is 0 Å². The lowest BCUT2D eigenvalue weighted by Crippen LogP contribution is -2.41. The van der Waals surface area contributed by atoms with Crippen LogP contribution in [0.25, 0.3) is 0 Å². The summed E-state index contributed by atoms with van der Waals surface area (Å²) in [5.41, 5.74) is 11.8. The first-order valence-electron chi connectivity index (χ1n) is 25.4. The molecule has 70 heavy (non-hydrogen) atoms. The van der Waals surface area contributed by atoms with E-state index in [4.69, 9.17) is 14.2 Å². The summed E-state index contributed by atoms with van der Waals surface area (Å²) in [4.78, 5) is 41.8. The van der Waals surface area contributed by atoms with Gasteiger partial charge < -0.3 is 28.9 Å². The Bertz CT molecular complexity index is 2150. The van der Waals surface area contributed by atoms with E-state index in [0.29, 0.717) is 17.8 Å². The normalized spacial score (nSPS) is 16.4. The van der Waals surface area contributed by atoms with Crippen molar-refractivity contribution in [1.82, 2.24) is 14.7 Å². The fourth-order valence-corrected chi connectivity index (χ4v) is 9.40. The lowest BCUT2D eigenvalue weighted by Gasteiger charge is -2.33. The first kappa shape index (κ1) is 58.1. The summed E-state index contributed by atoms with van der Waals surface area (Å²) in [7, 11) is -2.66. The molecule has 382 valence electrons. The maximum Gasteiger partial charge on any atom is 0.410 e. The summed E-state index contributed by atoms with van der Waals surface area (Å²) in [6.07, 6.45) is 5.37. The number of piperidine rings is 3. The fourth-order valence-electron chi connectivity index (χ4n) is 8.10. The molecule has 0 spiro atoms. The lowest BCUT2D eigenvalue weighted by atomic mass is 9.89. The molecule has 0 radical (unpaired) electrons. The van der Waals surface area contributed by atoms with E-state index < -0.39 is 33.0 Å². The molecule has 6 rings (SSSR count). The van der Waals surface area contributed by atoms with Crippen LogP contribution >= 0.6 is 15.9 Å². The van der Waals surface area contributed by atoms with E-state index in [-0.39, 0.29) is 18.3 Å². The summed E-state index contributed by atoms with van der Waals surface area (Å²) in [6, 6.07) is 25.8. The van der Waals surface area contributed by atoms with E-state index >= 15 is 0 Å². The van der Waals surface area contributed by atoms with Gasteiger partial charge in [0.2, 0.25) is 0 Å². The second-order valence-corrected chi connectivity index (χ2v) is 34.4. The van der Waals surface area contributed by atoms with Crippen LogP contribution in [0.5, 0.6) is 0 Å². The summed E-state index contributed by atoms with van der Waals surface area (Å²) in [5.74, 6) is 8.17. The monoisotopic (exact) mass is 1050 g/mol. The quantitative estimate of drug-likeness (QED) is 0.148. The van der Waals surface area contributed by atoms with Crippen molar-refractivity contribution in [3.63, 3.8) is 0 Å². The highest BCUT2D eigenvalue weighted by Gasteiger charge is 2.30. The molecule has 3 aromatic carbocycles. The molecule has 0 atom stereocenters. The average Bonchev–Trinajstić information content (AvgIpc) is 3.27. The van der Waals surface area contributed by atoms with E-state index in [0.717, 1.165) is 93.4 Å². The van der Waals surface area contributed by atoms with Crippen LogP contribution in [0, 0.1) is 22.9 Å². The van der Waals surface area contributed by atoms with Crippen LogP contribution in [-0.4, -0.2) is 105 Å². The number of ether oxygens (including phenoxy) is 3. The van der Waals surface area contributed by atoms with Gasteiger partial charge in [0, 0.05) is 54.9 Å². The van der Waals surface area contributed by atoms with Gasteiger partial charge in [0.15, 0.2) is 0 Å². The maximum absolute atomic E-state index is 12.1. The molecule has 3 fully saturated rings. The van der Waals surface area contributed by atoms with Gasteiger partial charge in [-0.05, 0) is 172 Å². The highest BCUT2D eigenvalue weighted by Crippen LogP contribution is 2.32. The van der Waals surface area contributed by atoms with E-state index in [2.05, 4.69) is 151 Å². The standard InChI is InChI=1S/2C21H31NO2Si.C16H22BrNO2/c2*1-21(2,3)24-20(23)22-14-11-19(12-15-22)18-9-7-17(8-10-18)13-16-25(4,5)6;1-16(2,3)20-15(19)18-10-8-13(9-11-18)12-4-6-14(17)7-5-12/h2*7-10,19H,11-12,14-15H2,1-6H3;4-7,13H,8-11H2,1-3H3. The Morgan fingerprint density at radius 1 is 0.443 bits per heavy atom. The molecule has 3 saturated heterocycles. The largest absolute Gasteiger partial charge is 0.444 e. The molecule has 0 unspecified atom stereocenters. The van der Waals surface area contributed by atoms with Gasteiger partial charge >= 0.3 is 18.3 Å². The smallest absolute Gasteiger partial charge is 0.410 e. The molecule has 0 N–H and O–H groups in total. The number of amides is 3. The highest BCUT2D eigenvalue weighted by molar-refractivity contribution is 9.10. The highest BCUT2D eigenvalue weighted by atomic mass is 79.9. The van der Waals surface area contributed by atoms with Crippen LogP contribution in [0.2, 0.25) is 39.3 Å². The third-order valence-corrected chi connectivity index (χ3v) is 14.0. The number of benzene rings is 3. The van der Waals surface area contributed by atoms with Gasteiger partial charge in [-0.25, -0.2) is 14.4 Å². The Hall–Kier alpha value is -4.50. The van der Waals surface area contributed by atoms with Gasteiger partial charge in [-0.1, -0.05) is 103 Å². The topological polar surface area (TPSA) is 88.6 Å². The van der Waals surface area contributed by atoms with E-state index in [1.165, 1.54) is 16.7 Å². The molecule has 3 aromatic rings. The number of carbonyl (C=O) groups is 3. The van der Waals surface area contributed by atoms with Crippen molar-refractivity contribution in [3.8, 4) is 22.9 Å².